The summed E-state index contributed by atoms with van der Waals surface area (Å²) in [4.78, 5) is 9.24. The van der Waals surface area contributed by atoms with Gasteiger partial charge in [0.1, 0.15) is 5.82 Å². The van der Waals surface area contributed by atoms with Gasteiger partial charge in [-0.2, -0.15) is 4.98 Å². The third-order valence-corrected chi connectivity index (χ3v) is 4.78. The van der Waals surface area contributed by atoms with E-state index in [9.17, 15) is 0 Å². The lowest BCUT2D eigenvalue weighted by atomic mass is 10.1. The second-order valence-corrected chi connectivity index (χ2v) is 7.36. The molecule has 29 heavy (non-hydrogen) atoms. The maximum Gasteiger partial charge on any atom is 0.229 e. The molecule has 146 valence electrons. The number of aliphatic hydroxyl groups is 1. The Morgan fingerprint density at radius 2 is 1.52 bits per heavy atom. The van der Waals surface area contributed by atoms with Crippen molar-refractivity contribution in [3.8, 4) is 0 Å². The standard InChI is InChI=1S/C22H18Cl2N4O/c23-15-11-16(24)13-18(12-15)26-22-27-20-4-2-1-3-19(20)21(28-22)25-17-7-5-14(6-8-17)9-10-29/h1-8,11-13,29H,9-10H2,(H2,25,26,27,28). The summed E-state index contributed by atoms with van der Waals surface area (Å²) in [6, 6.07) is 20.9. The summed E-state index contributed by atoms with van der Waals surface area (Å²) in [7, 11) is 0. The third kappa shape index (κ3) is 4.77. The van der Waals surface area contributed by atoms with Gasteiger partial charge in [0.25, 0.3) is 0 Å². The van der Waals surface area contributed by atoms with Crippen molar-refractivity contribution in [2.45, 2.75) is 6.42 Å². The summed E-state index contributed by atoms with van der Waals surface area (Å²) in [6.07, 6.45) is 0.632. The molecular weight excluding hydrogens is 407 g/mol. The van der Waals surface area contributed by atoms with Gasteiger partial charge in [0.2, 0.25) is 5.95 Å². The van der Waals surface area contributed by atoms with Crippen LogP contribution in [-0.4, -0.2) is 21.7 Å². The molecular formula is C22H18Cl2N4O. The molecule has 4 rings (SSSR count). The highest BCUT2D eigenvalue weighted by Crippen LogP contribution is 2.28. The lowest BCUT2D eigenvalue weighted by molar-refractivity contribution is 0.299. The first-order valence-corrected chi connectivity index (χ1v) is 9.83. The van der Waals surface area contributed by atoms with Crippen LogP contribution in [0.2, 0.25) is 10.0 Å². The highest BCUT2D eigenvalue weighted by Gasteiger charge is 2.09. The molecule has 0 fully saturated rings. The van der Waals surface area contributed by atoms with E-state index < -0.39 is 0 Å². The number of rotatable bonds is 6. The monoisotopic (exact) mass is 424 g/mol. The molecule has 3 N–H and O–H groups in total. The Morgan fingerprint density at radius 1 is 0.793 bits per heavy atom. The molecule has 1 heterocycles. The Kier molecular flexibility index (Phi) is 5.81. The zero-order valence-corrected chi connectivity index (χ0v) is 16.9. The van der Waals surface area contributed by atoms with Gasteiger partial charge in [-0.3, -0.25) is 0 Å². The smallest absolute Gasteiger partial charge is 0.229 e. The van der Waals surface area contributed by atoms with Crippen LogP contribution in [0.5, 0.6) is 0 Å². The largest absolute Gasteiger partial charge is 0.396 e. The molecule has 0 bridgehead atoms. The van der Waals surface area contributed by atoms with E-state index in [4.69, 9.17) is 28.3 Å². The fourth-order valence-corrected chi connectivity index (χ4v) is 3.53. The fraction of sp³-hybridized carbons (Fsp3) is 0.0909. The number of anilines is 4. The minimum atomic E-state index is 0.131. The van der Waals surface area contributed by atoms with Crippen LogP contribution in [0.25, 0.3) is 10.9 Å². The van der Waals surface area contributed by atoms with E-state index in [1.54, 1.807) is 18.2 Å². The molecule has 0 aliphatic carbocycles. The molecule has 0 radical (unpaired) electrons. The summed E-state index contributed by atoms with van der Waals surface area (Å²) in [6.45, 7) is 0.131. The molecule has 0 aliphatic heterocycles. The average molecular weight is 425 g/mol. The van der Waals surface area contributed by atoms with Crippen molar-refractivity contribution in [2.75, 3.05) is 17.2 Å². The summed E-state index contributed by atoms with van der Waals surface area (Å²) in [5.74, 6) is 1.11. The van der Waals surface area contributed by atoms with Crippen molar-refractivity contribution in [3.05, 3.63) is 82.3 Å². The van der Waals surface area contributed by atoms with Gasteiger partial charge in [-0.25, -0.2) is 4.98 Å². The minimum Gasteiger partial charge on any atom is -0.396 e. The van der Waals surface area contributed by atoms with Gasteiger partial charge >= 0.3 is 0 Å². The number of nitrogens with zero attached hydrogens (tertiary/aromatic N) is 2. The van der Waals surface area contributed by atoms with Gasteiger partial charge in [0.15, 0.2) is 0 Å². The molecule has 0 aliphatic rings. The lowest BCUT2D eigenvalue weighted by Crippen LogP contribution is -2.02. The van der Waals surface area contributed by atoms with E-state index in [0.29, 0.717) is 33.9 Å². The van der Waals surface area contributed by atoms with E-state index in [-0.39, 0.29) is 6.61 Å². The summed E-state index contributed by atoms with van der Waals surface area (Å²) in [5.41, 5.74) is 3.48. The molecule has 1 aromatic heterocycles. The predicted octanol–water partition coefficient (Wildman–Crippen LogP) is 5.96. The number of aliphatic hydroxyl groups excluding tert-OH is 1. The molecule has 3 aromatic carbocycles. The van der Waals surface area contributed by atoms with Crippen LogP contribution in [0, 0.1) is 0 Å². The second kappa shape index (κ2) is 8.66. The van der Waals surface area contributed by atoms with E-state index in [1.165, 1.54) is 0 Å². The van der Waals surface area contributed by atoms with Crippen molar-refractivity contribution in [3.63, 3.8) is 0 Å². The van der Waals surface area contributed by atoms with Gasteiger partial charge in [-0.1, -0.05) is 47.5 Å². The van der Waals surface area contributed by atoms with Crippen molar-refractivity contribution >= 4 is 57.2 Å². The molecule has 4 aromatic rings. The van der Waals surface area contributed by atoms with E-state index in [2.05, 4.69) is 20.6 Å². The number of aromatic nitrogens is 2. The second-order valence-electron chi connectivity index (χ2n) is 6.49. The molecule has 0 spiro atoms. The number of benzene rings is 3. The Hall–Kier alpha value is -2.86. The van der Waals surface area contributed by atoms with Gasteiger partial charge in [0, 0.05) is 33.4 Å². The number of para-hydroxylation sites is 1. The average Bonchev–Trinajstić information content (AvgIpc) is 2.69. The Labute approximate surface area is 178 Å². The number of hydrogen-bond acceptors (Lipinski definition) is 5. The quantitative estimate of drug-likeness (QED) is 0.356. The molecule has 0 unspecified atom stereocenters. The Bertz CT molecular complexity index is 1130. The number of hydrogen-bond donors (Lipinski definition) is 3. The number of fused-ring (bicyclic) bond motifs is 1. The summed E-state index contributed by atoms with van der Waals surface area (Å²) < 4.78 is 0. The van der Waals surface area contributed by atoms with Gasteiger partial charge in [-0.05, 0) is 54.4 Å². The SMILES string of the molecule is OCCc1ccc(Nc2nc(Nc3cc(Cl)cc(Cl)c3)nc3ccccc23)cc1. The van der Waals surface area contributed by atoms with Crippen LogP contribution < -0.4 is 10.6 Å². The van der Waals surface area contributed by atoms with E-state index >= 15 is 0 Å². The van der Waals surface area contributed by atoms with Crippen LogP contribution in [0.1, 0.15) is 5.56 Å². The predicted molar refractivity (Wildman–Crippen MR) is 120 cm³/mol. The van der Waals surface area contributed by atoms with Crippen LogP contribution in [-0.2, 0) is 6.42 Å². The molecule has 7 heteroatoms. The van der Waals surface area contributed by atoms with Crippen LogP contribution in [0.3, 0.4) is 0 Å². The van der Waals surface area contributed by atoms with Gasteiger partial charge in [-0.15, -0.1) is 0 Å². The maximum absolute atomic E-state index is 9.07. The first-order valence-electron chi connectivity index (χ1n) is 9.07. The maximum atomic E-state index is 9.07. The van der Waals surface area contributed by atoms with Crippen LogP contribution in [0.4, 0.5) is 23.1 Å². The summed E-state index contributed by atoms with van der Waals surface area (Å²) in [5, 5.41) is 17.6. The molecule has 0 atom stereocenters. The molecule has 0 amide bonds. The van der Waals surface area contributed by atoms with Crippen molar-refractivity contribution in [1.82, 2.24) is 9.97 Å². The number of halogens is 2. The van der Waals surface area contributed by atoms with Crippen LogP contribution in [0.15, 0.2) is 66.7 Å². The highest BCUT2D eigenvalue weighted by atomic mass is 35.5. The topological polar surface area (TPSA) is 70.1 Å². The van der Waals surface area contributed by atoms with E-state index in [1.807, 2.05) is 48.5 Å². The van der Waals surface area contributed by atoms with Crippen molar-refractivity contribution < 1.29 is 5.11 Å². The molecule has 0 saturated carbocycles. The Balaban J connectivity index is 1.68. The first kappa shape index (κ1) is 19.5. The fourth-order valence-electron chi connectivity index (χ4n) is 3.00. The molecule has 5 nitrogen and oxygen atoms in total. The number of nitrogens with one attached hydrogen (secondary N) is 2. The first-order chi connectivity index (χ1) is 14.1. The Morgan fingerprint density at radius 3 is 2.24 bits per heavy atom. The normalized spacial score (nSPS) is 10.9. The van der Waals surface area contributed by atoms with Crippen LogP contribution >= 0.6 is 23.2 Å². The summed E-state index contributed by atoms with van der Waals surface area (Å²) >= 11 is 12.2. The minimum absolute atomic E-state index is 0.131. The van der Waals surface area contributed by atoms with Crippen molar-refractivity contribution in [1.29, 1.82) is 0 Å². The lowest BCUT2D eigenvalue weighted by Gasteiger charge is -2.12. The van der Waals surface area contributed by atoms with Gasteiger partial charge < -0.3 is 15.7 Å². The zero-order chi connectivity index (χ0) is 20.2. The van der Waals surface area contributed by atoms with Gasteiger partial charge in [0.05, 0.1) is 5.52 Å². The van der Waals surface area contributed by atoms with E-state index in [0.717, 1.165) is 22.2 Å². The highest BCUT2D eigenvalue weighted by molar-refractivity contribution is 6.35. The van der Waals surface area contributed by atoms with Crippen molar-refractivity contribution in [2.24, 2.45) is 0 Å². The third-order valence-electron chi connectivity index (χ3n) is 4.34. The molecule has 0 saturated heterocycles. The zero-order valence-electron chi connectivity index (χ0n) is 15.4.